The highest BCUT2D eigenvalue weighted by Gasteiger charge is 2.22. The van der Waals surface area contributed by atoms with E-state index in [4.69, 9.17) is 9.47 Å². The van der Waals surface area contributed by atoms with Crippen LogP contribution in [0.2, 0.25) is 0 Å². The molecule has 0 saturated carbocycles. The second-order valence-corrected chi connectivity index (χ2v) is 7.21. The average Bonchev–Trinajstić information content (AvgIpc) is 3.31. The maximum absolute atomic E-state index is 11.7. The smallest absolute Gasteiger partial charge is 0.258 e. The monoisotopic (exact) mass is 432 g/mol. The van der Waals surface area contributed by atoms with E-state index in [1.807, 2.05) is 0 Å². The molecule has 0 spiro atoms. The van der Waals surface area contributed by atoms with Crippen molar-refractivity contribution in [3.05, 3.63) is 71.8 Å². The van der Waals surface area contributed by atoms with Crippen LogP contribution in [0.1, 0.15) is 24.0 Å². The fourth-order valence-electron chi connectivity index (χ4n) is 3.30. The Morgan fingerprint density at radius 3 is 1.25 bits per heavy atom. The molecule has 0 aliphatic carbocycles. The highest BCUT2D eigenvalue weighted by Crippen LogP contribution is 2.22. The van der Waals surface area contributed by atoms with E-state index in [0.29, 0.717) is 47.0 Å². The van der Waals surface area contributed by atoms with Gasteiger partial charge in [-0.3, -0.25) is 29.8 Å². The van der Waals surface area contributed by atoms with Crippen molar-refractivity contribution in [3.8, 4) is 11.5 Å². The number of amides is 4. The van der Waals surface area contributed by atoms with Gasteiger partial charge in [-0.15, -0.1) is 0 Å². The molecule has 0 atom stereocenters. The minimum absolute atomic E-state index is 0.350. The van der Waals surface area contributed by atoms with Crippen LogP contribution in [0, 0.1) is 0 Å². The first-order chi connectivity index (χ1) is 15.5. The molecule has 0 saturated heterocycles. The number of benzene rings is 2. The van der Waals surface area contributed by atoms with Crippen molar-refractivity contribution < 1.29 is 28.7 Å². The third kappa shape index (κ3) is 4.92. The van der Waals surface area contributed by atoms with Gasteiger partial charge in [0.2, 0.25) is 0 Å². The Hall–Kier alpha value is -4.20. The zero-order valence-corrected chi connectivity index (χ0v) is 17.1. The van der Waals surface area contributed by atoms with E-state index in [-0.39, 0.29) is 0 Å². The summed E-state index contributed by atoms with van der Waals surface area (Å²) in [6.45, 7) is 1.03. The molecule has 0 radical (unpaired) electrons. The van der Waals surface area contributed by atoms with Gasteiger partial charge in [0.05, 0.1) is 24.4 Å². The molecule has 8 nitrogen and oxygen atoms in total. The molecule has 32 heavy (non-hydrogen) atoms. The number of imide groups is 2. The summed E-state index contributed by atoms with van der Waals surface area (Å²) in [6, 6.07) is 14.0. The van der Waals surface area contributed by atoms with Gasteiger partial charge in [-0.2, -0.15) is 0 Å². The molecule has 0 aromatic heterocycles. The standard InChI is InChI=1S/C24H20N2O6/c27-21-13-19(23(29)25-21)15-3-7-17(8-4-15)31-11-1-2-12-32-18-9-5-16(6-10-18)20-14-22(28)26-24(20)30/h3-10,13-14H,1-2,11-12H2,(H,25,27,29)(H,26,28,30). The molecular formula is C24H20N2O6. The topological polar surface area (TPSA) is 111 Å². The Balaban J connectivity index is 1.16. The van der Waals surface area contributed by atoms with Gasteiger partial charge < -0.3 is 9.47 Å². The van der Waals surface area contributed by atoms with Crippen molar-refractivity contribution in [3.63, 3.8) is 0 Å². The minimum atomic E-state index is -0.404. The van der Waals surface area contributed by atoms with E-state index >= 15 is 0 Å². The first-order valence-electron chi connectivity index (χ1n) is 10.1. The molecule has 0 bridgehead atoms. The van der Waals surface area contributed by atoms with E-state index in [1.54, 1.807) is 48.5 Å². The average molecular weight is 432 g/mol. The van der Waals surface area contributed by atoms with E-state index < -0.39 is 23.6 Å². The molecule has 0 unspecified atom stereocenters. The number of carbonyl (C=O) groups is 4. The fourth-order valence-corrected chi connectivity index (χ4v) is 3.30. The largest absolute Gasteiger partial charge is 0.494 e. The second-order valence-electron chi connectivity index (χ2n) is 7.21. The molecule has 0 fully saturated rings. The lowest BCUT2D eigenvalue weighted by Crippen LogP contribution is -2.21. The first-order valence-corrected chi connectivity index (χ1v) is 10.1. The summed E-state index contributed by atoms with van der Waals surface area (Å²) in [5, 5.41) is 4.44. The zero-order valence-electron chi connectivity index (χ0n) is 17.1. The summed E-state index contributed by atoms with van der Waals surface area (Å²) in [5.74, 6) is -0.236. The molecule has 4 amide bonds. The van der Waals surface area contributed by atoms with Crippen molar-refractivity contribution in [2.75, 3.05) is 13.2 Å². The Labute approximate surface area is 183 Å². The van der Waals surface area contributed by atoms with Crippen LogP contribution >= 0.6 is 0 Å². The molecule has 8 heteroatoms. The van der Waals surface area contributed by atoms with Crippen LogP contribution in [0.4, 0.5) is 0 Å². The van der Waals surface area contributed by atoms with Crippen LogP contribution in [-0.2, 0) is 19.2 Å². The van der Waals surface area contributed by atoms with Crippen LogP contribution < -0.4 is 20.1 Å². The lowest BCUT2D eigenvalue weighted by atomic mass is 10.1. The summed E-state index contributed by atoms with van der Waals surface area (Å²) >= 11 is 0. The van der Waals surface area contributed by atoms with Crippen molar-refractivity contribution in [2.45, 2.75) is 12.8 Å². The Bertz CT molecular complexity index is 1040. The predicted octanol–water partition coefficient (Wildman–Crippen LogP) is 2.00. The number of rotatable bonds is 9. The van der Waals surface area contributed by atoms with Gasteiger partial charge in [-0.25, -0.2) is 0 Å². The van der Waals surface area contributed by atoms with Gasteiger partial charge in [0, 0.05) is 12.2 Å². The van der Waals surface area contributed by atoms with Crippen molar-refractivity contribution >= 4 is 34.8 Å². The number of ether oxygens (including phenoxy) is 2. The summed E-state index contributed by atoms with van der Waals surface area (Å²) < 4.78 is 11.4. The Morgan fingerprint density at radius 2 is 0.938 bits per heavy atom. The molecule has 4 rings (SSSR count). The van der Waals surface area contributed by atoms with Crippen LogP contribution in [0.3, 0.4) is 0 Å². The van der Waals surface area contributed by atoms with E-state index in [9.17, 15) is 19.2 Å². The van der Waals surface area contributed by atoms with Gasteiger partial charge in [-0.1, -0.05) is 24.3 Å². The third-order valence-electron chi connectivity index (χ3n) is 4.92. The Kier molecular flexibility index (Phi) is 6.12. The zero-order chi connectivity index (χ0) is 22.5. The first kappa shape index (κ1) is 21.0. The fraction of sp³-hybridized carbons (Fsp3) is 0.167. The van der Waals surface area contributed by atoms with Crippen molar-refractivity contribution in [1.82, 2.24) is 10.6 Å². The summed E-state index contributed by atoms with van der Waals surface area (Å²) in [6.07, 6.45) is 4.15. The summed E-state index contributed by atoms with van der Waals surface area (Å²) in [4.78, 5) is 45.8. The maximum Gasteiger partial charge on any atom is 0.258 e. The molecule has 2 aromatic rings. The van der Waals surface area contributed by atoms with Gasteiger partial charge in [0.1, 0.15) is 11.5 Å². The highest BCUT2D eigenvalue weighted by molar-refractivity contribution is 6.34. The molecular weight excluding hydrogens is 412 g/mol. The quantitative estimate of drug-likeness (QED) is 0.463. The van der Waals surface area contributed by atoms with E-state index in [2.05, 4.69) is 10.6 Å². The number of carbonyl (C=O) groups excluding carboxylic acids is 4. The second kappa shape index (κ2) is 9.30. The number of nitrogens with one attached hydrogen (secondary N) is 2. The maximum atomic E-state index is 11.7. The van der Waals surface area contributed by atoms with Gasteiger partial charge in [0.25, 0.3) is 23.6 Å². The van der Waals surface area contributed by atoms with Gasteiger partial charge in [-0.05, 0) is 48.2 Å². The van der Waals surface area contributed by atoms with Gasteiger partial charge >= 0.3 is 0 Å². The van der Waals surface area contributed by atoms with Crippen LogP contribution in [0.25, 0.3) is 11.1 Å². The number of hydrogen-bond donors (Lipinski definition) is 2. The lowest BCUT2D eigenvalue weighted by Gasteiger charge is -2.09. The normalized spacial score (nSPS) is 15.2. The van der Waals surface area contributed by atoms with E-state index in [1.165, 1.54) is 12.2 Å². The summed E-state index contributed by atoms with van der Waals surface area (Å²) in [5.41, 5.74) is 2.03. The van der Waals surface area contributed by atoms with Crippen LogP contribution in [-0.4, -0.2) is 36.8 Å². The molecule has 2 heterocycles. The van der Waals surface area contributed by atoms with Crippen LogP contribution in [0.5, 0.6) is 11.5 Å². The van der Waals surface area contributed by atoms with E-state index in [0.717, 1.165) is 12.8 Å². The molecule has 2 aliphatic rings. The lowest BCUT2D eigenvalue weighted by molar-refractivity contribution is -0.124. The molecule has 162 valence electrons. The highest BCUT2D eigenvalue weighted by atomic mass is 16.5. The van der Waals surface area contributed by atoms with Gasteiger partial charge in [0.15, 0.2) is 0 Å². The molecule has 2 aliphatic heterocycles. The Morgan fingerprint density at radius 1 is 0.562 bits per heavy atom. The number of unbranched alkanes of at least 4 members (excludes halogenated alkanes) is 1. The summed E-state index contributed by atoms with van der Waals surface area (Å²) in [7, 11) is 0. The molecule has 2 aromatic carbocycles. The minimum Gasteiger partial charge on any atom is -0.494 e. The van der Waals surface area contributed by atoms with Crippen molar-refractivity contribution in [1.29, 1.82) is 0 Å². The van der Waals surface area contributed by atoms with Crippen molar-refractivity contribution in [2.24, 2.45) is 0 Å². The predicted molar refractivity (Wildman–Crippen MR) is 115 cm³/mol. The number of hydrogen-bond acceptors (Lipinski definition) is 6. The van der Waals surface area contributed by atoms with Crippen LogP contribution in [0.15, 0.2) is 60.7 Å². The molecule has 2 N–H and O–H groups in total. The third-order valence-corrected chi connectivity index (χ3v) is 4.92. The SMILES string of the molecule is O=C1C=C(c2ccc(OCCCCOc3ccc(C4=CC(=O)NC4=O)cc3)cc2)C(=O)N1.